The molecule has 1 aromatic carbocycles. The minimum atomic E-state index is -0.247. The number of rotatable bonds is 6. The van der Waals surface area contributed by atoms with Gasteiger partial charge >= 0.3 is 0 Å². The van der Waals surface area contributed by atoms with E-state index in [4.69, 9.17) is 19.6 Å². The smallest absolute Gasteiger partial charge is 0.181 e. The van der Waals surface area contributed by atoms with Crippen molar-refractivity contribution in [2.75, 3.05) is 13.2 Å². The topological polar surface area (TPSA) is 49.2 Å². The van der Waals surface area contributed by atoms with Crippen molar-refractivity contribution in [3.63, 3.8) is 0 Å². The van der Waals surface area contributed by atoms with E-state index < -0.39 is 0 Å². The Balaban J connectivity index is 1.37. The number of ether oxygens (including phenoxy) is 2. The van der Waals surface area contributed by atoms with Crippen LogP contribution in [0, 0.1) is 11.7 Å². The van der Waals surface area contributed by atoms with Crippen molar-refractivity contribution >= 4 is 0 Å². The van der Waals surface area contributed by atoms with Crippen LogP contribution in [0.5, 0.6) is 0 Å². The van der Waals surface area contributed by atoms with Crippen LogP contribution in [0.3, 0.4) is 0 Å². The predicted molar refractivity (Wildman–Crippen MR) is 89.4 cm³/mol. The summed E-state index contributed by atoms with van der Waals surface area (Å²) in [5, 5.41) is 4.76. The van der Waals surface area contributed by atoms with E-state index in [1.165, 1.54) is 31.4 Å². The Morgan fingerprint density at radius 3 is 2.68 bits per heavy atom. The number of hydrogen-bond acceptors (Lipinski definition) is 4. The van der Waals surface area contributed by atoms with Crippen molar-refractivity contribution in [2.45, 2.75) is 50.4 Å². The van der Waals surface area contributed by atoms with Crippen LogP contribution in [-0.4, -0.2) is 34.1 Å². The van der Waals surface area contributed by atoms with Gasteiger partial charge in [-0.3, -0.25) is 0 Å². The van der Waals surface area contributed by atoms with Crippen LogP contribution in [0.15, 0.2) is 24.3 Å². The molecule has 2 aromatic rings. The van der Waals surface area contributed by atoms with Crippen molar-refractivity contribution in [1.29, 1.82) is 0 Å². The second-order valence-electron chi connectivity index (χ2n) is 7.62. The first-order valence-electron chi connectivity index (χ1n) is 9.14. The molecular weight excluding hydrogens is 321 g/mol. The van der Waals surface area contributed by atoms with Gasteiger partial charge in [0.15, 0.2) is 11.6 Å². The summed E-state index contributed by atoms with van der Waals surface area (Å²) < 4.78 is 26.8. The summed E-state index contributed by atoms with van der Waals surface area (Å²) in [5.41, 5.74) is 0.991. The first kappa shape index (κ1) is 15.5. The number of hydrogen-bond donors (Lipinski definition) is 0. The van der Waals surface area contributed by atoms with Crippen LogP contribution >= 0.6 is 0 Å². The molecule has 4 aliphatic rings. The first-order valence-corrected chi connectivity index (χ1v) is 9.14. The third-order valence-electron chi connectivity index (χ3n) is 5.79. The molecule has 4 fully saturated rings. The lowest BCUT2D eigenvalue weighted by Crippen LogP contribution is -2.60. The van der Waals surface area contributed by atoms with Crippen LogP contribution < -0.4 is 0 Å². The normalized spacial score (nSPS) is 30.1. The van der Waals surface area contributed by atoms with Gasteiger partial charge in [0.1, 0.15) is 12.4 Å². The molecule has 0 N–H and O–H groups in total. The molecule has 0 radical (unpaired) electrons. The molecule has 1 aromatic heterocycles. The van der Waals surface area contributed by atoms with Crippen LogP contribution in [0.2, 0.25) is 0 Å². The van der Waals surface area contributed by atoms with E-state index >= 15 is 0 Å². The minimum absolute atomic E-state index is 0.151. The fourth-order valence-corrected chi connectivity index (χ4v) is 4.29. The third-order valence-corrected chi connectivity index (χ3v) is 5.79. The van der Waals surface area contributed by atoms with E-state index in [1.54, 1.807) is 12.1 Å². The average Bonchev–Trinajstić information content (AvgIpc) is 3.16. The molecule has 6 rings (SSSR count). The summed E-state index contributed by atoms with van der Waals surface area (Å²) in [4.78, 5) is 4.71. The third kappa shape index (κ3) is 2.68. The van der Waals surface area contributed by atoms with Gasteiger partial charge in [0, 0.05) is 12.2 Å². The Hall–Kier alpha value is -1.79. The molecule has 2 heterocycles. The van der Waals surface area contributed by atoms with Crippen molar-refractivity contribution in [2.24, 2.45) is 5.92 Å². The van der Waals surface area contributed by atoms with E-state index in [0.29, 0.717) is 19.0 Å². The predicted octanol–water partition coefficient (Wildman–Crippen LogP) is 3.29. The van der Waals surface area contributed by atoms with Crippen LogP contribution in [0.4, 0.5) is 4.39 Å². The van der Waals surface area contributed by atoms with Gasteiger partial charge in [-0.1, -0.05) is 0 Å². The standard InChI is InChI=1S/C19H22FN3O2/c20-15-5-3-14(4-6-15)18-21-17(12-24-11-16-2-1-7-25-16)23(22-18)19-8-13(9-19)10-19/h3-6,13,16H,1-2,7-12H2. The first-order chi connectivity index (χ1) is 12.2. The van der Waals surface area contributed by atoms with Crippen LogP contribution in [0.25, 0.3) is 11.4 Å². The maximum atomic E-state index is 13.2. The summed E-state index contributed by atoms with van der Waals surface area (Å²) in [6, 6.07) is 6.36. The zero-order valence-corrected chi connectivity index (χ0v) is 14.2. The van der Waals surface area contributed by atoms with Gasteiger partial charge in [-0.25, -0.2) is 14.1 Å². The highest BCUT2D eigenvalue weighted by molar-refractivity contribution is 5.54. The Morgan fingerprint density at radius 2 is 2.04 bits per heavy atom. The molecule has 0 amide bonds. The van der Waals surface area contributed by atoms with E-state index in [2.05, 4.69) is 4.68 Å². The van der Waals surface area contributed by atoms with Gasteiger partial charge in [-0.05, 0) is 62.3 Å². The zero-order valence-electron chi connectivity index (χ0n) is 14.2. The quantitative estimate of drug-likeness (QED) is 0.808. The van der Waals surface area contributed by atoms with Crippen molar-refractivity contribution in [3.05, 3.63) is 35.9 Å². The van der Waals surface area contributed by atoms with Gasteiger partial charge in [0.05, 0.1) is 18.2 Å². The number of nitrogens with zero attached hydrogens (tertiary/aromatic N) is 3. The molecule has 3 aliphatic carbocycles. The van der Waals surface area contributed by atoms with Gasteiger partial charge in [0.2, 0.25) is 0 Å². The Bertz CT molecular complexity index is 750. The molecule has 1 atom stereocenters. The van der Waals surface area contributed by atoms with Crippen molar-refractivity contribution in [3.8, 4) is 11.4 Å². The van der Waals surface area contributed by atoms with Gasteiger partial charge in [0.25, 0.3) is 0 Å². The molecule has 6 heteroatoms. The molecular formula is C19H22FN3O2. The molecule has 1 aliphatic heterocycles. The Kier molecular flexibility index (Phi) is 3.64. The number of halogens is 1. The molecule has 3 saturated carbocycles. The number of benzene rings is 1. The Morgan fingerprint density at radius 1 is 1.24 bits per heavy atom. The summed E-state index contributed by atoms with van der Waals surface area (Å²) in [6.07, 6.45) is 5.97. The van der Waals surface area contributed by atoms with Crippen molar-refractivity contribution in [1.82, 2.24) is 14.8 Å². The summed E-state index contributed by atoms with van der Waals surface area (Å²) >= 11 is 0. The SMILES string of the molecule is Fc1ccc(-c2nc(COCC3CCCO3)n(C34CC(C3)C4)n2)cc1. The van der Waals surface area contributed by atoms with Crippen molar-refractivity contribution < 1.29 is 13.9 Å². The molecule has 0 spiro atoms. The van der Waals surface area contributed by atoms with E-state index in [9.17, 15) is 4.39 Å². The average molecular weight is 343 g/mol. The highest BCUT2D eigenvalue weighted by Gasteiger charge is 2.59. The summed E-state index contributed by atoms with van der Waals surface area (Å²) in [5.74, 6) is 2.14. The van der Waals surface area contributed by atoms with Gasteiger partial charge in [-0.15, -0.1) is 0 Å². The van der Waals surface area contributed by atoms with E-state index in [-0.39, 0.29) is 17.5 Å². The fraction of sp³-hybridized carbons (Fsp3) is 0.579. The maximum Gasteiger partial charge on any atom is 0.181 e. The highest BCUT2D eigenvalue weighted by Crippen LogP contribution is 2.62. The second-order valence-corrected chi connectivity index (χ2v) is 7.62. The lowest BCUT2D eigenvalue weighted by atomic mass is 9.50. The molecule has 5 nitrogen and oxygen atoms in total. The molecule has 2 bridgehead atoms. The minimum Gasteiger partial charge on any atom is -0.376 e. The van der Waals surface area contributed by atoms with Crippen LogP contribution in [-0.2, 0) is 21.6 Å². The maximum absolute atomic E-state index is 13.2. The second kappa shape index (κ2) is 5.88. The highest BCUT2D eigenvalue weighted by atomic mass is 19.1. The van der Waals surface area contributed by atoms with E-state index in [0.717, 1.165) is 36.8 Å². The Labute approximate surface area is 146 Å². The molecule has 25 heavy (non-hydrogen) atoms. The summed E-state index contributed by atoms with van der Waals surface area (Å²) in [6.45, 7) is 1.89. The molecule has 1 unspecified atom stereocenters. The molecule has 132 valence electrons. The van der Waals surface area contributed by atoms with Gasteiger partial charge in [-0.2, -0.15) is 5.10 Å². The van der Waals surface area contributed by atoms with Gasteiger partial charge < -0.3 is 9.47 Å². The number of aromatic nitrogens is 3. The monoisotopic (exact) mass is 343 g/mol. The summed E-state index contributed by atoms with van der Waals surface area (Å²) in [7, 11) is 0. The molecule has 1 saturated heterocycles. The lowest BCUT2D eigenvalue weighted by Gasteiger charge is -2.61. The fourth-order valence-electron chi connectivity index (χ4n) is 4.29. The zero-order chi connectivity index (χ0) is 16.9. The largest absolute Gasteiger partial charge is 0.376 e. The van der Waals surface area contributed by atoms with Crippen LogP contribution in [0.1, 0.15) is 37.9 Å². The van der Waals surface area contributed by atoms with E-state index in [1.807, 2.05) is 0 Å². The lowest BCUT2D eigenvalue weighted by molar-refractivity contribution is -0.103.